The zero-order valence-corrected chi connectivity index (χ0v) is 15.2. The van der Waals surface area contributed by atoms with Gasteiger partial charge < -0.3 is 15.6 Å². The van der Waals surface area contributed by atoms with Gasteiger partial charge in [0, 0.05) is 29.3 Å². The predicted octanol–water partition coefficient (Wildman–Crippen LogP) is 4.77. The second kappa shape index (κ2) is 7.78. The zero-order valence-electron chi connectivity index (χ0n) is 15.2. The van der Waals surface area contributed by atoms with Crippen LogP contribution in [-0.2, 0) is 12.6 Å². The molecule has 29 heavy (non-hydrogen) atoms. The Labute approximate surface area is 164 Å². The molecular formula is C20H17F3N6. The van der Waals surface area contributed by atoms with Gasteiger partial charge in [0.25, 0.3) is 0 Å². The smallest absolute Gasteiger partial charge is 0.368 e. The molecule has 0 atom stereocenters. The van der Waals surface area contributed by atoms with Gasteiger partial charge in [0.2, 0.25) is 5.95 Å². The number of anilines is 3. The van der Waals surface area contributed by atoms with E-state index < -0.39 is 11.7 Å². The summed E-state index contributed by atoms with van der Waals surface area (Å²) in [6.45, 7) is 0.639. The number of rotatable bonds is 6. The Kier molecular flexibility index (Phi) is 5.03. The van der Waals surface area contributed by atoms with Crippen molar-refractivity contribution in [3.63, 3.8) is 0 Å². The second-order valence-corrected chi connectivity index (χ2v) is 6.40. The van der Waals surface area contributed by atoms with Crippen molar-refractivity contribution in [1.29, 1.82) is 0 Å². The highest BCUT2D eigenvalue weighted by atomic mass is 19.4. The monoisotopic (exact) mass is 398 g/mol. The van der Waals surface area contributed by atoms with Gasteiger partial charge in [0.1, 0.15) is 0 Å². The fraction of sp³-hybridized carbons (Fsp3) is 0.150. The normalized spacial score (nSPS) is 11.6. The Balaban J connectivity index is 1.37. The minimum atomic E-state index is -4.37. The lowest BCUT2D eigenvalue weighted by Gasteiger charge is -2.09. The number of benzene rings is 2. The Morgan fingerprint density at radius 3 is 2.59 bits per heavy atom. The quantitative estimate of drug-likeness (QED) is 0.436. The first-order valence-electron chi connectivity index (χ1n) is 8.92. The van der Waals surface area contributed by atoms with Crippen LogP contribution in [0.15, 0.2) is 60.9 Å². The molecule has 0 amide bonds. The maximum atomic E-state index is 12.6. The molecule has 2 aromatic heterocycles. The number of hydrogen-bond acceptors (Lipinski definition) is 5. The van der Waals surface area contributed by atoms with Crippen molar-refractivity contribution in [3.8, 4) is 0 Å². The second-order valence-electron chi connectivity index (χ2n) is 6.40. The number of nitrogens with zero attached hydrogens (tertiary/aromatic N) is 3. The maximum absolute atomic E-state index is 12.6. The Hall–Kier alpha value is -3.62. The first kappa shape index (κ1) is 18.7. The first-order valence-corrected chi connectivity index (χ1v) is 8.92. The van der Waals surface area contributed by atoms with Crippen molar-refractivity contribution in [2.45, 2.75) is 12.6 Å². The van der Waals surface area contributed by atoms with Crippen molar-refractivity contribution in [3.05, 3.63) is 72.1 Å². The predicted molar refractivity (Wildman–Crippen MR) is 105 cm³/mol. The lowest BCUT2D eigenvalue weighted by Crippen LogP contribution is -2.09. The molecule has 2 aromatic carbocycles. The molecule has 0 spiro atoms. The number of halogens is 3. The topological polar surface area (TPSA) is 78.5 Å². The molecule has 0 saturated carbocycles. The molecule has 0 aliphatic rings. The standard InChI is InChI=1S/C20H17F3N6/c21-20(22,23)14-5-7-15(8-6-14)27-19-28-18(12-26-29-19)24-10-9-13-11-25-17-4-2-1-3-16(13)17/h1-8,11-12,25H,9-10H2,(H2,24,27,28,29). The van der Waals surface area contributed by atoms with Crippen LogP contribution >= 0.6 is 0 Å². The molecule has 3 N–H and O–H groups in total. The van der Waals surface area contributed by atoms with Crippen LogP contribution in [0, 0.1) is 0 Å². The van der Waals surface area contributed by atoms with Crippen LogP contribution in [0.4, 0.5) is 30.6 Å². The van der Waals surface area contributed by atoms with Gasteiger partial charge in [-0.15, -0.1) is 5.10 Å². The third-order valence-corrected chi connectivity index (χ3v) is 4.40. The Morgan fingerprint density at radius 1 is 1.00 bits per heavy atom. The van der Waals surface area contributed by atoms with E-state index in [-0.39, 0.29) is 5.95 Å². The summed E-state index contributed by atoms with van der Waals surface area (Å²) in [5.74, 6) is 0.719. The van der Waals surface area contributed by atoms with Crippen molar-refractivity contribution in [2.24, 2.45) is 0 Å². The zero-order chi connectivity index (χ0) is 20.3. The summed E-state index contributed by atoms with van der Waals surface area (Å²) in [5.41, 5.74) is 2.01. The van der Waals surface area contributed by atoms with Crippen LogP contribution in [-0.4, -0.2) is 26.7 Å². The summed E-state index contributed by atoms with van der Waals surface area (Å²) in [4.78, 5) is 7.53. The van der Waals surface area contributed by atoms with Gasteiger partial charge in [-0.1, -0.05) is 18.2 Å². The fourth-order valence-corrected chi connectivity index (χ4v) is 2.98. The average molecular weight is 398 g/mol. The summed E-state index contributed by atoms with van der Waals surface area (Å²) in [7, 11) is 0. The molecular weight excluding hydrogens is 381 g/mol. The van der Waals surface area contributed by atoms with E-state index in [1.165, 1.54) is 29.3 Å². The number of para-hydroxylation sites is 1. The number of fused-ring (bicyclic) bond motifs is 1. The number of hydrogen-bond donors (Lipinski definition) is 3. The summed E-state index contributed by atoms with van der Waals surface area (Å²) in [5, 5.41) is 15.0. The number of H-pyrrole nitrogens is 1. The minimum Gasteiger partial charge on any atom is -0.368 e. The highest BCUT2D eigenvalue weighted by molar-refractivity contribution is 5.83. The molecule has 0 fully saturated rings. The Morgan fingerprint density at radius 2 is 1.79 bits per heavy atom. The van der Waals surface area contributed by atoms with Crippen LogP contribution in [0.1, 0.15) is 11.1 Å². The summed E-state index contributed by atoms with van der Waals surface area (Å²) >= 11 is 0. The highest BCUT2D eigenvalue weighted by Gasteiger charge is 2.29. The van der Waals surface area contributed by atoms with Crippen LogP contribution in [0.2, 0.25) is 0 Å². The molecule has 6 nitrogen and oxygen atoms in total. The van der Waals surface area contributed by atoms with Crippen molar-refractivity contribution >= 4 is 28.4 Å². The molecule has 148 valence electrons. The van der Waals surface area contributed by atoms with Gasteiger partial charge in [-0.3, -0.25) is 0 Å². The SMILES string of the molecule is FC(F)(F)c1ccc(Nc2nncc(NCCc3c[nH]c4ccccc34)n2)cc1. The van der Waals surface area contributed by atoms with Crippen LogP contribution < -0.4 is 10.6 Å². The molecule has 0 aliphatic carbocycles. The Bertz CT molecular complexity index is 1110. The highest BCUT2D eigenvalue weighted by Crippen LogP contribution is 2.30. The largest absolute Gasteiger partial charge is 0.416 e. The third kappa shape index (κ3) is 4.45. The number of aromatic nitrogens is 4. The third-order valence-electron chi connectivity index (χ3n) is 4.40. The fourth-order valence-electron chi connectivity index (χ4n) is 2.98. The van der Waals surface area contributed by atoms with Crippen molar-refractivity contribution < 1.29 is 13.2 Å². The molecule has 0 bridgehead atoms. The van der Waals surface area contributed by atoms with E-state index in [4.69, 9.17) is 0 Å². The van der Waals surface area contributed by atoms with E-state index in [0.717, 1.165) is 24.1 Å². The van der Waals surface area contributed by atoms with Crippen molar-refractivity contribution in [2.75, 3.05) is 17.2 Å². The van der Waals surface area contributed by atoms with Crippen LogP contribution in [0.5, 0.6) is 0 Å². The molecule has 0 aliphatic heterocycles. The van der Waals surface area contributed by atoms with E-state index in [0.29, 0.717) is 18.1 Å². The van der Waals surface area contributed by atoms with Gasteiger partial charge >= 0.3 is 6.18 Å². The number of aromatic amines is 1. The molecule has 9 heteroatoms. The molecule has 2 heterocycles. The van der Waals surface area contributed by atoms with Crippen LogP contribution in [0.25, 0.3) is 10.9 Å². The summed E-state index contributed by atoms with van der Waals surface area (Å²) < 4.78 is 37.9. The average Bonchev–Trinajstić information content (AvgIpc) is 3.11. The van der Waals surface area contributed by atoms with Gasteiger partial charge in [0.05, 0.1) is 11.8 Å². The van der Waals surface area contributed by atoms with Gasteiger partial charge in [-0.05, 0) is 42.3 Å². The van der Waals surface area contributed by atoms with Gasteiger partial charge in [-0.2, -0.15) is 23.3 Å². The maximum Gasteiger partial charge on any atom is 0.416 e. The van der Waals surface area contributed by atoms with Crippen molar-refractivity contribution in [1.82, 2.24) is 20.2 Å². The first-order chi connectivity index (χ1) is 14.0. The molecule has 4 rings (SSSR count). The molecule has 0 radical (unpaired) electrons. The lowest BCUT2D eigenvalue weighted by atomic mass is 10.1. The summed E-state index contributed by atoms with van der Waals surface area (Å²) in [6, 6.07) is 12.7. The van der Waals surface area contributed by atoms with Gasteiger partial charge in [0.15, 0.2) is 5.82 Å². The van der Waals surface area contributed by atoms with E-state index in [1.807, 2.05) is 24.4 Å². The van der Waals surface area contributed by atoms with Gasteiger partial charge in [-0.25, -0.2) is 0 Å². The molecule has 4 aromatic rings. The van der Waals surface area contributed by atoms with E-state index >= 15 is 0 Å². The number of nitrogens with one attached hydrogen (secondary N) is 3. The molecule has 0 unspecified atom stereocenters. The lowest BCUT2D eigenvalue weighted by molar-refractivity contribution is -0.137. The van der Waals surface area contributed by atoms with E-state index in [1.54, 1.807) is 0 Å². The van der Waals surface area contributed by atoms with Crippen LogP contribution in [0.3, 0.4) is 0 Å². The molecule has 0 saturated heterocycles. The van der Waals surface area contributed by atoms with E-state index in [9.17, 15) is 13.2 Å². The minimum absolute atomic E-state index is 0.196. The number of alkyl halides is 3. The summed E-state index contributed by atoms with van der Waals surface area (Å²) in [6.07, 6.45) is -0.101. The van der Waals surface area contributed by atoms with E-state index in [2.05, 4.69) is 36.9 Å².